The lowest BCUT2D eigenvalue weighted by Crippen LogP contribution is -2.61. The molecule has 3 aromatic carbocycles. The fraction of sp³-hybridized carbons (Fsp3) is 0.589. The summed E-state index contributed by atoms with van der Waals surface area (Å²) in [5.41, 5.74) is -0.617. The average Bonchev–Trinajstić information content (AvgIpc) is 3.55. The molecule has 76 heavy (non-hydrogen) atoms. The normalized spacial score (nSPS) is 22.6. The van der Waals surface area contributed by atoms with Gasteiger partial charge in [-0.25, -0.2) is 21.6 Å². The summed E-state index contributed by atoms with van der Waals surface area (Å²) in [6.45, 7) is 14.2. The quantitative estimate of drug-likeness (QED) is 0.0469. The van der Waals surface area contributed by atoms with Crippen molar-refractivity contribution in [2.24, 2.45) is 16.2 Å². The number of benzene rings is 3. The zero-order valence-electron chi connectivity index (χ0n) is 44.5. The monoisotopic (exact) mass is 1110 g/mol. The molecule has 4 aliphatic carbocycles. The number of unbranched alkanes of at least 4 members (excludes halogenated alkanes) is 3. The third-order valence-corrected chi connectivity index (χ3v) is 20.4. The van der Waals surface area contributed by atoms with Gasteiger partial charge in [0.05, 0.1) is 10.6 Å². The Morgan fingerprint density at radius 1 is 0.776 bits per heavy atom. The zero-order valence-corrected chi connectivity index (χ0v) is 46.9. The Balaban J connectivity index is 0.881. The minimum Gasteiger partial charge on any atom is -0.380 e. The molecule has 0 aromatic heterocycles. The van der Waals surface area contributed by atoms with Crippen molar-refractivity contribution < 1.29 is 44.4 Å². The second-order valence-corrected chi connectivity index (χ2v) is 27.6. The maximum absolute atomic E-state index is 14.4. The van der Waals surface area contributed by atoms with E-state index in [-0.39, 0.29) is 17.4 Å². The van der Waals surface area contributed by atoms with Crippen LogP contribution in [0.25, 0.3) is 0 Å². The van der Waals surface area contributed by atoms with E-state index in [0.29, 0.717) is 80.1 Å². The largest absolute Gasteiger partial charge is 0.501 e. The van der Waals surface area contributed by atoms with Gasteiger partial charge in [0.2, 0.25) is 11.8 Å². The Morgan fingerprint density at radius 3 is 2.05 bits per heavy atom. The van der Waals surface area contributed by atoms with Crippen LogP contribution in [0.2, 0.25) is 0 Å². The minimum absolute atomic E-state index is 0.00127. The number of amides is 3. The molecular formula is C56H76F3N7O7S3. The van der Waals surface area contributed by atoms with Gasteiger partial charge >= 0.3 is 5.51 Å². The average molecular weight is 1110 g/mol. The topological polar surface area (TPSA) is 169 Å². The molecule has 14 nitrogen and oxygen atoms in total. The van der Waals surface area contributed by atoms with Crippen LogP contribution in [0.1, 0.15) is 115 Å². The smallest absolute Gasteiger partial charge is 0.380 e. The van der Waals surface area contributed by atoms with Crippen molar-refractivity contribution >= 4 is 60.7 Å². The molecule has 0 unspecified atom stereocenters. The molecule has 2 aliphatic heterocycles. The fourth-order valence-electron chi connectivity index (χ4n) is 12.2. The first kappa shape index (κ1) is 57.5. The van der Waals surface area contributed by atoms with E-state index in [4.69, 9.17) is 0 Å². The highest BCUT2D eigenvalue weighted by molar-refractivity contribution is 7.99. The number of allylic oxidation sites excluding steroid dienone is 1. The molecule has 416 valence electrons. The van der Waals surface area contributed by atoms with Gasteiger partial charge in [0.25, 0.3) is 25.8 Å². The molecule has 2 heterocycles. The van der Waals surface area contributed by atoms with Crippen molar-refractivity contribution in [3.05, 3.63) is 89.5 Å². The highest BCUT2D eigenvalue weighted by atomic mass is 32.2. The van der Waals surface area contributed by atoms with Gasteiger partial charge in [-0.15, -0.1) is 11.8 Å². The molecule has 0 spiro atoms. The van der Waals surface area contributed by atoms with Crippen LogP contribution >= 0.6 is 11.8 Å². The number of hydrogen-bond donors (Lipinski definition) is 3. The summed E-state index contributed by atoms with van der Waals surface area (Å²) in [4.78, 5) is 45.4. The molecule has 3 N–H and O–H groups in total. The summed E-state index contributed by atoms with van der Waals surface area (Å²) in [5.74, 6) is -0.636. The van der Waals surface area contributed by atoms with Gasteiger partial charge in [0.15, 0.2) is 0 Å². The molecule has 1 atom stereocenters. The lowest BCUT2D eigenvalue weighted by atomic mass is 9.33. The van der Waals surface area contributed by atoms with Crippen molar-refractivity contribution in [1.29, 1.82) is 0 Å². The van der Waals surface area contributed by atoms with Crippen molar-refractivity contribution in [1.82, 2.24) is 24.7 Å². The molecule has 20 heteroatoms. The van der Waals surface area contributed by atoms with E-state index in [2.05, 4.69) is 46.1 Å². The van der Waals surface area contributed by atoms with Crippen LogP contribution in [0.4, 0.5) is 24.5 Å². The lowest BCUT2D eigenvalue weighted by Gasteiger charge is -2.72. The Morgan fingerprint density at radius 2 is 1.42 bits per heavy atom. The number of hydrogen-bond acceptors (Lipinski definition) is 12. The van der Waals surface area contributed by atoms with Crippen molar-refractivity contribution in [3.8, 4) is 0 Å². The number of alkyl halides is 3. The summed E-state index contributed by atoms with van der Waals surface area (Å²) in [7, 11) is -9.38. The Labute approximate surface area is 452 Å². The Kier molecular flexibility index (Phi) is 18.0. The lowest BCUT2D eigenvalue weighted by molar-refractivity contribution is -0.167. The van der Waals surface area contributed by atoms with Gasteiger partial charge in [-0.3, -0.25) is 24.2 Å². The van der Waals surface area contributed by atoms with E-state index >= 15 is 0 Å². The number of halogens is 3. The maximum atomic E-state index is 14.4. The van der Waals surface area contributed by atoms with E-state index in [9.17, 15) is 44.4 Å². The molecule has 5 fully saturated rings. The molecule has 3 amide bonds. The first-order valence-electron chi connectivity index (χ1n) is 26.9. The minimum atomic E-state index is -6.11. The molecule has 9 rings (SSSR count). The second-order valence-electron chi connectivity index (χ2n) is 23.0. The Bertz CT molecular complexity index is 2790. The van der Waals surface area contributed by atoms with Gasteiger partial charge in [-0.1, -0.05) is 63.0 Å². The van der Waals surface area contributed by atoms with E-state index in [0.717, 1.165) is 87.5 Å². The van der Waals surface area contributed by atoms with E-state index in [1.165, 1.54) is 56.0 Å². The summed E-state index contributed by atoms with van der Waals surface area (Å²) in [5, 5.41) is 5.63. The van der Waals surface area contributed by atoms with Crippen LogP contribution in [0, 0.1) is 16.2 Å². The van der Waals surface area contributed by atoms with E-state index in [1.807, 2.05) is 40.0 Å². The van der Waals surface area contributed by atoms with Gasteiger partial charge < -0.3 is 20.4 Å². The summed E-state index contributed by atoms with van der Waals surface area (Å²) in [6, 6.07) is 17.7. The predicted molar refractivity (Wildman–Crippen MR) is 292 cm³/mol. The molecular weight excluding hydrogens is 1040 g/mol. The van der Waals surface area contributed by atoms with Gasteiger partial charge in [-0.2, -0.15) is 13.2 Å². The number of thioether (sulfide) groups is 1. The van der Waals surface area contributed by atoms with Crippen LogP contribution in [-0.4, -0.2) is 139 Å². The van der Waals surface area contributed by atoms with Crippen LogP contribution in [-0.2, 0) is 29.4 Å². The van der Waals surface area contributed by atoms with Crippen LogP contribution < -0.4 is 20.3 Å². The number of sulfonamides is 1. The number of nitrogens with zero attached hydrogens (tertiary/aromatic N) is 4. The number of carbonyl (C=O) groups is 3. The summed E-state index contributed by atoms with van der Waals surface area (Å²) >= 11 is 1.43. The number of sulfone groups is 1. The van der Waals surface area contributed by atoms with Gasteiger partial charge in [-0.05, 0) is 129 Å². The third-order valence-electron chi connectivity index (χ3n) is 16.4. The molecule has 3 saturated carbocycles. The van der Waals surface area contributed by atoms with Crippen LogP contribution in [0.3, 0.4) is 0 Å². The zero-order chi connectivity index (χ0) is 54.5. The van der Waals surface area contributed by atoms with Gasteiger partial charge in [0.1, 0.15) is 4.90 Å². The van der Waals surface area contributed by atoms with Crippen molar-refractivity contribution in [2.45, 2.75) is 130 Å². The first-order chi connectivity index (χ1) is 36.0. The highest BCUT2D eigenvalue weighted by Crippen LogP contribution is 2.77. The SMILES string of the molecule is CNC(=O)CCCCCCC(=O)N1CCN(CC[C@H](CSc2ccccc2)Nc2ccc(S(=O)(=O)NC(=O)c3ccc(N4CCN(CC5=C(C67CC(C)(C6)C7)CC(C)(C)CC5)CC4)cc3)cc2S(=O)(=O)C(F)(F)F)CC1. The number of nitrogens with one attached hydrogen (secondary N) is 3. The highest BCUT2D eigenvalue weighted by Gasteiger charge is 2.67. The second kappa shape index (κ2) is 23.8. The van der Waals surface area contributed by atoms with Crippen molar-refractivity contribution in [3.63, 3.8) is 0 Å². The predicted octanol–water partition coefficient (Wildman–Crippen LogP) is 9.11. The van der Waals surface area contributed by atoms with Crippen molar-refractivity contribution in [2.75, 3.05) is 88.5 Å². The fourth-order valence-corrected chi connectivity index (χ4v) is 15.2. The number of rotatable bonds is 23. The molecule has 0 radical (unpaired) electrons. The standard InChI is InChI=1S/C56H76F3N7O7S3/c1-53(2)24-22-42(47(35-53)55-38-54(3,39-55)40-55)36-64-28-30-65(31-29-64)44-18-16-41(17-19-44)52(69)62-76(72,73)46-20-21-48(49(34-46)75(70,71)56(57,58)59)61-43(37-74-45-12-8-7-9-13-45)23-25-63-26-32-66(33-27-63)51(68)15-11-6-5-10-14-50(67)60-4/h7-9,12-13,16-21,34,43,61H,5-6,10-11,14-15,22-33,35-40H2,1-4H3,(H,60,67)(H,62,69)/t43-,54?,55?/m1/s1. The number of piperazine rings is 2. The number of anilines is 2. The maximum Gasteiger partial charge on any atom is 0.501 e. The summed E-state index contributed by atoms with van der Waals surface area (Å²) in [6.07, 6.45) is 12.0. The summed E-state index contributed by atoms with van der Waals surface area (Å²) < 4.78 is 99.1. The van der Waals surface area contributed by atoms with E-state index in [1.54, 1.807) is 30.3 Å². The number of carbonyl (C=O) groups excluding carboxylic acids is 3. The van der Waals surface area contributed by atoms with Crippen LogP contribution in [0.15, 0.2) is 98.6 Å². The molecule has 3 aromatic rings. The van der Waals surface area contributed by atoms with E-state index < -0.39 is 52.8 Å². The first-order valence-corrected chi connectivity index (χ1v) is 30.9. The van der Waals surface area contributed by atoms with Crippen LogP contribution in [0.5, 0.6) is 0 Å². The third kappa shape index (κ3) is 14.0. The van der Waals surface area contributed by atoms with Gasteiger partial charge in [0, 0.05) is 113 Å². The molecule has 2 bridgehead atoms. The molecule has 2 saturated heterocycles. The Hall–Kier alpha value is -4.63. The molecule has 6 aliphatic rings.